The number of carbonyl (C=O) groups is 1. The third-order valence-corrected chi connectivity index (χ3v) is 5.97. The van der Waals surface area contributed by atoms with Crippen molar-refractivity contribution in [2.75, 3.05) is 22.5 Å². The van der Waals surface area contributed by atoms with E-state index in [1.807, 2.05) is 19.9 Å². The largest absolute Gasteiger partial charge is 0.486 e. The SMILES string of the molecule is CCCCCNC(=O)c1cc2c(c3c1OC(C)(C)C3)NC(Nc1c(Cl)cncc1Cl)N2. The number of amides is 1. The van der Waals surface area contributed by atoms with Crippen LogP contribution in [0.4, 0.5) is 17.1 Å². The Hall–Kier alpha value is -2.38. The van der Waals surface area contributed by atoms with E-state index < -0.39 is 0 Å². The topological polar surface area (TPSA) is 87.3 Å². The smallest absolute Gasteiger partial charge is 0.255 e. The predicted octanol–water partition coefficient (Wildman–Crippen LogP) is 5.26. The highest BCUT2D eigenvalue weighted by molar-refractivity contribution is 6.38. The monoisotopic (exact) mass is 463 g/mol. The number of anilines is 3. The number of halogens is 2. The van der Waals surface area contributed by atoms with Crippen LogP contribution in [0.5, 0.6) is 5.75 Å². The zero-order valence-corrected chi connectivity index (χ0v) is 19.4. The van der Waals surface area contributed by atoms with Crippen molar-refractivity contribution in [2.45, 2.75) is 58.3 Å². The van der Waals surface area contributed by atoms with Gasteiger partial charge in [-0.15, -0.1) is 0 Å². The van der Waals surface area contributed by atoms with E-state index in [0.29, 0.717) is 40.0 Å². The van der Waals surface area contributed by atoms with Crippen LogP contribution in [0.25, 0.3) is 0 Å². The van der Waals surface area contributed by atoms with Crippen LogP contribution in [-0.2, 0) is 6.42 Å². The lowest BCUT2D eigenvalue weighted by Crippen LogP contribution is -2.32. The molecule has 9 heteroatoms. The molecule has 0 saturated carbocycles. The van der Waals surface area contributed by atoms with Crippen molar-refractivity contribution in [3.63, 3.8) is 0 Å². The van der Waals surface area contributed by atoms with Crippen molar-refractivity contribution in [3.05, 3.63) is 39.6 Å². The highest BCUT2D eigenvalue weighted by Crippen LogP contribution is 2.48. The second-order valence-electron chi connectivity index (χ2n) is 8.50. The Morgan fingerprint density at radius 1 is 1.26 bits per heavy atom. The Morgan fingerprint density at radius 2 is 2.00 bits per heavy atom. The van der Waals surface area contributed by atoms with Crippen LogP contribution < -0.4 is 26.0 Å². The van der Waals surface area contributed by atoms with Gasteiger partial charge in [-0.2, -0.15) is 0 Å². The lowest BCUT2D eigenvalue weighted by molar-refractivity contribution is 0.0939. The van der Waals surface area contributed by atoms with E-state index in [1.54, 1.807) is 0 Å². The molecule has 3 heterocycles. The molecule has 0 fully saturated rings. The van der Waals surface area contributed by atoms with E-state index in [4.69, 9.17) is 27.9 Å². The number of fused-ring (bicyclic) bond motifs is 3. The fourth-order valence-corrected chi connectivity index (χ4v) is 4.44. The van der Waals surface area contributed by atoms with Crippen LogP contribution in [0, 0.1) is 0 Å². The van der Waals surface area contributed by atoms with Gasteiger partial charge in [0.2, 0.25) is 0 Å². The number of carbonyl (C=O) groups excluding carboxylic acids is 1. The number of ether oxygens (including phenoxy) is 1. The lowest BCUT2D eigenvalue weighted by Gasteiger charge is -2.18. The zero-order valence-electron chi connectivity index (χ0n) is 17.9. The standard InChI is InChI=1S/C22H27Cl2N5O2/c1-4-5-6-7-26-20(30)12-8-16-17(13-9-22(2,3)31-19(12)13)28-21(27-16)29-18-14(23)10-25-11-15(18)24/h8,10-11,21,27-28H,4-7,9H2,1-3H3,(H,25,29)(H,26,30). The molecule has 0 aliphatic carbocycles. The van der Waals surface area contributed by atoms with Crippen LogP contribution in [0.3, 0.4) is 0 Å². The van der Waals surface area contributed by atoms with Gasteiger partial charge in [-0.1, -0.05) is 43.0 Å². The lowest BCUT2D eigenvalue weighted by atomic mass is 9.97. The van der Waals surface area contributed by atoms with Crippen molar-refractivity contribution in [2.24, 2.45) is 0 Å². The Kier molecular flexibility index (Phi) is 6.08. The molecule has 1 aromatic heterocycles. The van der Waals surface area contributed by atoms with Gasteiger partial charge in [0.15, 0.2) is 6.29 Å². The summed E-state index contributed by atoms with van der Waals surface area (Å²) in [5.41, 5.74) is 3.48. The molecular formula is C22H27Cl2N5O2. The maximum atomic E-state index is 12.9. The summed E-state index contributed by atoms with van der Waals surface area (Å²) in [7, 11) is 0. The molecule has 4 N–H and O–H groups in total. The quantitative estimate of drug-likeness (QED) is 0.419. The molecule has 166 valence electrons. The maximum Gasteiger partial charge on any atom is 0.255 e. The van der Waals surface area contributed by atoms with Gasteiger partial charge in [0.1, 0.15) is 11.4 Å². The van der Waals surface area contributed by atoms with Gasteiger partial charge in [-0.3, -0.25) is 9.78 Å². The molecule has 1 amide bonds. The van der Waals surface area contributed by atoms with E-state index >= 15 is 0 Å². The summed E-state index contributed by atoms with van der Waals surface area (Å²) in [6.07, 6.45) is 6.56. The molecule has 1 unspecified atom stereocenters. The third-order valence-electron chi connectivity index (χ3n) is 5.40. The van der Waals surface area contributed by atoms with E-state index in [9.17, 15) is 4.79 Å². The molecule has 0 spiro atoms. The predicted molar refractivity (Wildman–Crippen MR) is 126 cm³/mol. The summed E-state index contributed by atoms with van der Waals surface area (Å²) in [5.74, 6) is 0.526. The molecule has 2 aliphatic rings. The Bertz CT molecular complexity index is 992. The molecule has 2 aliphatic heterocycles. The van der Waals surface area contributed by atoms with Crippen molar-refractivity contribution < 1.29 is 9.53 Å². The number of rotatable bonds is 7. The Morgan fingerprint density at radius 3 is 2.71 bits per heavy atom. The fourth-order valence-electron chi connectivity index (χ4n) is 3.97. The van der Waals surface area contributed by atoms with Gasteiger partial charge in [0.25, 0.3) is 5.91 Å². The number of benzene rings is 1. The molecule has 1 atom stereocenters. The van der Waals surface area contributed by atoms with E-state index in [1.165, 1.54) is 12.4 Å². The number of nitrogens with one attached hydrogen (secondary N) is 4. The summed E-state index contributed by atoms with van der Waals surface area (Å²) in [6, 6.07) is 1.84. The van der Waals surface area contributed by atoms with E-state index in [-0.39, 0.29) is 17.8 Å². The summed E-state index contributed by atoms with van der Waals surface area (Å²) >= 11 is 12.5. The van der Waals surface area contributed by atoms with Gasteiger partial charge >= 0.3 is 0 Å². The average Bonchev–Trinajstić information content (AvgIpc) is 3.26. The van der Waals surface area contributed by atoms with Crippen LogP contribution in [0.1, 0.15) is 56.0 Å². The highest BCUT2D eigenvalue weighted by atomic mass is 35.5. The first-order valence-corrected chi connectivity index (χ1v) is 11.3. The van der Waals surface area contributed by atoms with E-state index in [2.05, 4.69) is 33.2 Å². The minimum atomic E-state index is -0.389. The number of pyridine rings is 1. The summed E-state index contributed by atoms with van der Waals surface area (Å²) in [5, 5.41) is 13.9. The minimum Gasteiger partial charge on any atom is -0.486 e. The van der Waals surface area contributed by atoms with Crippen molar-refractivity contribution in [1.29, 1.82) is 0 Å². The van der Waals surface area contributed by atoms with Crippen LogP contribution in [0.15, 0.2) is 18.5 Å². The molecular weight excluding hydrogens is 437 g/mol. The maximum absolute atomic E-state index is 12.9. The molecule has 2 aromatic rings. The number of hydrogen-bond acceptors (Lipinski definition) is 6. The average molecular weight is 464 g/mol. The fraction of sp³-hybridized carbons (Fsp3) is 0.455. The van der Waals surface area contributed by atoms with Gasteiger partial charge in [-0.25, -0.2) is 0 Å². The first-order chi connectivity index (χ1) is 14.8. The van der Waals surface area contributed by atoms with Crippen LogP contribution >= 0.6 is 23.2 Å². The number of hydrogen-bond donors (Lipinski definition) is 4. The second kappa shape index (κ2) is 8.63. The Labute approximate surface area is 192 Å². The minimum absolute atomic E-state index is 0.119. The molecule has 7 nitrogen and oxygen atoms in total. The van der Waals surface area contributed by atoms with Crippen LogP contribution in [0.2, 0.25) is 10.0 Å². The second-order valence-corrected chi connectivity index (χ2v) is 9.31. The number of aromatic nitrogens is 1. The van der Waals surface area contributed by atoms with Gasteiger partial charge < -0.3 is 26.0 Å². The number of unbranched alkanes of at least 4 members (excludes halogenated alkanes) is 2. The molecule has 0 saturated heterocycles. The Balaban J connectivity index is 1.60. The van der Waals surface area contributed by atoms with Crippen molar-refractivity contribution in [1.82, 2.24) is 10.3 Å². The highest BCUT2D eigenvalue weighted by Gasteiger charge is 2.39. The third kappa shape index (κ3) is 4.48. The van der Waals surface area contributed by atoms with Gasteiger partial charge in [0.05, 0.1) is 32.7 Å². The van der Waals surface area contributed by atoms with Crippen molar-refractivity contribution in [3.8, 4) is 5.75 Å². The van der Waals surface area contributed by atoms with Crippen LogP contribution in [-0.4, -0.2) is 29.3 Å². The van der Waals surface area contributed by atoms with E-state index in [0.717, 1.165) is 36.2 Å². The van der Waals surface area contributed by atoms with Gasteiger partial charge in [-0.05, 0) is 26.3 Å². The molecule has 0 bridgehead atoms. The molecule has 1 aromatic carbocycles. The number of nitrogens with zero attached hydrogens (tertiary/aromatic N) is 1. The van der Waals surface area contributed by atoms with Gasteiger partial charge in [0, 0.05) is 30.9 Å². The normalized spacial score (nSPS) is 17.8. The first-order valence-electron chi connectivity index (χ1n) is 10.5. The molecule has 4 rings (SSSR count). The molecule has 0 radical (unpaired) electrons. The zero-order chi connectivity index (χ0) is 22.2. The van der Waals surface area contributed by atoms with Crippen molar-refractivity contribution >= 4 is 46.2 Å². The summed E-state index contributed by atoms with van der Waals surface area (Å²) < 4.78 is 6.19. The molecule has 31 heavy (non-hydrogen) atoms. The first kappa shape index (κ1) is 21.8. The summed E-state index contributed by atoms with van der Waals surface area (Å²) in [4.78, 5) is 16.9. The summed E-state index contributed by atoms with van der Waals surface area (Å²) in [6.45, 7) is 6.84.